The lowest BCUT2D eigenvalue weighted by Gasteiger charge is -2.43. The zero-order chi connectivity index (χ0) is 14.7. The number of benzene rings is 1. The van der Waals surface area contributed by atoms with E-state index in [2.05, 4.69) is 19.1 Å². The van der Waals surface area contributed by atoms with Crippen LogP contribution < -0.4 is 4.74 Å². The molecular weight excluding hydrogens is 304 g/mol. The fraction of sp³-hybridized carbons (Fsp3) is 0.647. The molecule has 0 aromatic heterocycles. The molecule has 4 heteroatoms. The Morgan fingerprint density at radius 3 is 2.95 bits per heavy atom. The molecule has 116 valence electrons. The van der Waals surface area contributed by atoms with E-state index < -0.39 is 0 Å². The topological polar surface area (TPSA) is 18.5 Å². The van der Waals surface area contributed by atoms with Gasteiger partial charge in [0.05, 0.1) is 18.1 Å². The standard InChI is InChI=1S/C17H23ClO2S/c1-13-3-2-4-14(12-18)16(13)20-15-5-8-19-17(11-15)6-9-21-10-7-17/h2-4,15H,5-12H2,1H3. The SMILES string of the molecule is Cc1cccc(CCl)c1OC1CCOC2(CCSCC2)C1. The molecule has 3 rings (SSSR count). The van der Waals surface area contributed by atoms with Crippen molar-refractivity contribution in [3.63, 3.8) is 0 Å². The van der Waals surface area contributed by atoms with Crippen molar-refractivity contribution in [3.8, 4) is 5.75 Å². The molecule has 1 atom stereocenters. The summed E-state index contributed by atoms with van der Waals surface area (Å²) < 4.78 is 12.5. The second kappa shape index (κ2) is 6.80. The van der Waals surface area contributed by atoms with Crippen LogP contribution in [0.2, 0.25) is 0 Å². The molecule has 1 aromatic rings. The zero-order valence-corrected chi connectivity index (χ0v) is 14.1. The van der Waals surface area contributed by atoms with Crippen LogP contribution in [0.4, 0.5) is 0 Å². The Morgan fingerprint density at radius 2 is 2.19 bits per heavy atom. The summed E-state index contributed by atoms with van der Waals surface area (Å²) in [6, 6.07) is 6.20. The van der Waals surface area contributed by atoms with Crippen molar-refractivity contribution in [2.24, 2.45) is 0 Å². The van der Waals surface area contributed by atoms with Crippen molar-refractivity contribution in [3.05, 3.63) is 29.3 Å². The second-order valence-electron chi connectivity index (χ2n) is 6.07. The molecule has 0 radical (unpaired) electrons. The Hall–Kier alpha value is -0.380. The lowest BCUT2D eigenvalue weighted by molar-refractivity contribution is -0.116. The van der Waals surface area contributed by atoms with Crippen LogP contribution >= 0.6 is 23.4 Å². The molecular formula is C17H23ClO2S. The van der Waals surface area contributed by atoms with E-state index in [9.17, 15) is 0 Å². The predicted molar refractivity (Wildman–Crippen MR) is 89.6 cm³/mol. The molecule has 2 aliphatic heterocycles. The van der Waals surface area contributed by atoms with E-state index in [0.717, 1.165) is 43.6 Å². The number of para-hydroxylation sites is 1. The summed E-state index contributed by atoms with van der Waals surface area (Å²) in [7, 11) is 0. The van der Waals surface area contributed by atoms with Gasteiger partial charge >= 0.3 is 0 Å². The first kappa shape index (κ1) is 15.5. The summed E-state index contributed by atoms with van der Waals surface area (Å²) in [6.07, 6.45) is 4.57. The van der Waals surface area contributed by atoms with Crippen molar-refractivity contribution in [1.82, 2.24) is 0 Å². The summed E-state index contributed by atoms with van der Waals surface area (Å²) in [6.45, 7) is 2.91. The fourth-order valence-electron chi connectivity index (χ4n) is 3.33. The van der Waals surface area contributed by atoms with E-state index in [-0.39, 0.29) is 11.7 Å². The molecule has 1 unspecified atom stereocenters. The van der Waals surface area contributed by atoms with Gasteiger partial charge in [-0.05, 0) is 36.8 Å². The van der Waals surface area contributed by atoms with Crippen molar-refractivity contribution < 1.29 is 9.47 Å². The minimum atomic E-state index is 0.0674. The summed E-state index contributed by atoms with van der Waals surface area (Å²) in [4.78, 5) is 0. The Morgan fingerprint density at radius 1 is 1.38 bits per heavy atom. The monoisotopic (exact) mass is 326 g/mol. The molecule has 0 saturated carbocycles. The molecule has 1 spiro atoms. The van der Waals surface area contributed by atoms with Crippen molar-refractivity contribution >= 4 is 23.4 Å². The average molecular weight is 327 g/mol. The second-order valence-corrected chi connectivity index (χ2v) is 7.57. The minimum absolute atomic E-state index is 0.0674. The van der Waals surface area contributed by atoms with Gasteiger partial charge in [-0.15, -0.1) is 11.6 Å². The van der Waals surface area contributed by atoms with Gasteiger partial charge in [0, 0.05) is 18.4 Å². The van der Waals surface area contributed by atoms with Gasteiger partial charge in [-0.3, -0.25) is 0 Å². The molecule has 2 saturated heterocycles. The van der Waals surface area contributed by atoms with Crippen LogP contribution in [-0.2, 0) is 10.6 Å². The maximum absolute atomic E-state index is 6.36. The van der Waals surface area contributed by atoms with E-state index in [1.807, 2.05) is 17.8 Å². The highest BCUT2D eigenvalue weighted by Crippen LogP contribution is 2.39. The molecule has 2 fully saturated rings. The lowest BCUT2D eigenvalue weighted by atomic mass is 9.86. The normalized spacial score (nSPS) is 25.0. The maximum atomic E-state index is 6.36. The molecule has 2 aliphatic rings. The van der Waals surface area contributed by atoms with Crippen LogP contribution in [0.1, 0.15) is 36.8 Å². The third kappa shape index (κ3) is 3.52. The van der Waals surface area contributed by atoms with Crippen LogP contribution in [-0.4, -0.2) is 29.8 Å². The molecule has 1 aromatic carbocycles. The molecule has 2 heterocycles. The van der Waals surface area contributed by atoms with Crippen LogP contribution in [0, 0.1) is 6.92 Å². The summed E-state index contributed by atoms with van der Waals surface area (Å²) in [5.74, 6) is 3.91. The van der Waals surface area contributed by atoms with Crippen molar-refractivity contribution in [2.75, 3.05) is 18.1 Å². The first-order chi connectivity index (χ1) is 10.2. The van der Waals surface area contributed by atoms with Gasteiger partial charge in [0.1, 0.15) is 11.9 Å². The van der Waals surface area contributed by atoms with E-state index >= 15 is 0 Å². The molecule has 0 N–H and O–H groups in total. The molecule has 0 aliphatic carbocycles. The number of alkyl halides is 1. The third-order valence-corrected chi connectivity index (χ3v) is 5.85. The van der Waals surface area contributed by atoms with Crippen molar-refractivity contribution in [1.29, 1.82) is 0 Å². The molecule has 21 heavy (non-hydrogen) atoms. The molecule has 0 bridgehead atoms. The van der Waals surface area contributed by atoms with E-state index in [0.29, 0.717) is 5.88 Å². The highest BCUT2D eigenvalue weighted by atomic mass is 35.5. The number of aryl methyl sites for hydroxylation is 1. The van der Waals surface area contributed by atoms with Gasteiger partial charge in [-0.1, -0.05) is 18.2 Å². The van der Waals surface area contributed by atoms with Crippen molar-refractivity contribution in [2.45, 2.75) is 50.2 Å². The molecule has 0 amide bonds. The quantitative estimate of drug-likeness (QED) is 0.759. The maximum Gasteiger partial charge on any atom is 0.127 e. The first-order valence-electron chi connectivity index (χ1n) is 7.75. The van der Waals surface area contributed by atoms with Gasteiger partial charge in [0.2, 0.25) is 0 Å². The summed E-state index contributed by atoms with van der Waals surface area (Å²) >= 11 is 8.09. The number of thioether (sulfide) groups is 1. The highest BCUT2D eigenvalue weighted by Gasteiger charge is 2.39. The average Bonchev–Trinajstić information content (AvgIpc) is 2.50. The minimum Gasteiger partial charge on any atom is -0.490 e. The van der Waals surface area contributed by atoms with E-state index in [1.54, 1.807) is 0 Å². The van der Waals surface area contributed by atoms with Gasteiger partial charge < -0.3 is 9.47 Å². The predicted octanol–water partition coefficient (Wildman–Crippen LogP) is 4.56. The Labute approximate surface area is 136 Å². The Kier molecular flexibility index (Phi) is 5.03. The van der Waals surface area contributed by atoms with Gasteiger partial charge in [0.15, 0.2) is 0 Å². The van der Waals surface area contributed by atoms with E-state index in [4.69, 9.17) is 21.1 Å². The zero-order valence-electron chi connectivity index (χ0n) is 12.6. The third-order valence-electron chi connectivity index (χ3n) is 4.57. The highest BCUT2D eigenvalue weighted by molar-refractivity contribution is 7.99. The Bertz CT molecular complexity index is 480. The van der Waals surface area contributed by atoms with Crippen LogP contribution in [0.3, 0.4) is 0 Å². The largest absolute Gasteiger partial charge is 0.490 e. The number of ether oxygens (including phenoxy) is 2. The Balaban J connectivity index is 1.73. The van der Waals surface area contributed by atoms with Crippen LogP contribution in [0.5, 0.6) is 5.75 Å². The van der Waals surface area contributed by atoms with Gasteiger partial charge in [-0.25, -0.2) is 0 Å². The lowest BCUT2D eigenvalue weighted by Crippen LogP contribution is -2.46. The summed E-state index contributed by atoms with van der Waals surface area (Å²) in [5, 5.41) is 0. The molecule has 2 nitrogen and oxygen atoms in total. The van der Waals surface area contributed by atoms with Crippen LogP contribution in [0.25, 0.3) is 0 Å². The number of halogens is 1. The van der Waals surface area contributed by atoms with Gasteiger partial charge in [-0.2, -0.15) is 11.8 Å². The summed E-state index contributed by atoms with van der Waals surface area (Å²) in [5.41, 5.74) is 2.34. The first-order valence-corrected chi connectivity index (χ1v) is 9.44. The van der Waals surface area contributed by atoms with Gasteiger partial charge in [0.25, 0.3) is 0 Å². The number of rotatable bonds is 3. The smallest absolute Gasteiger partial charge is 0.127 e. The number of hydrogen-bond acceptors (Lipinski definition) is 3. The number of hydrogen-bond donors (Lipinski definition) is 0. The fourth-order valence-corrected chi connectivity index (χ4v) is 4.78. The van der Waals surface area contributed by atoms with E-state index in [1.165, 1.54) is 17.1 Å². The van der Waals surface area contributed by atoms with Crippen LogP contribution in [0.15, 0.2) is 18.2 Å².